The molecule has 0 aromatic heterocycles. The molecule has 6 heteroatoms. The molecule has 0 fully saturated rings. The zero-order valence-electron chi connectivity index (χ0n) is 11.8. The van der Waals surface area contributed by atoms with Gasteiger partial charge in [-0.1, -0.05) is 18.5 Å². The summed E-state index contributed by atoms with van der Waals surface area (Å²) in [4.78, 5) is 11.8. The molecular formula is C14H22Cl2N2O2. The summed E-state index contributed by atoms with van der Waals surface area (Å²) in [5.41, 5.74) is 6.44. The molecule has 0 aliphatic heterocycles. The lowest BCUT2D eigenvalue weighted by atomic mass is 10.2. The zero-order valence-corrected chi connectivity index (χ0v) is 13.4. The van der Waals surface area contributed by atoms with Crippen molar-refractivity contribution in [2.75, 3.05) is 18.9 Å². The van der Waals surface area contributed by atoms with Gasteiger partial charge in [0.2, 0.25) is 0 Å². The maximum atomic E-state index is 11.8. The Kier molecular flexibility index (Phi) is 9.38. The highest BCUT2D eigenvalue weighted by molar-refractivity contribution is 6.33. The molecule has 1 atom stereocenters. The first-order chi connectivity index (χ1) is 9.04. The van der Waals surface area contributed by atoms with Crippen molar-refractivity contribution in [2.45, 2.75) is 32.7 Å². The summed E-state index contributed by atoms with van der Waals surface area (Å²) in [6.07, 6.45) is 1.86. The standard InChI is InChI=1S/C14H21ClN2O2.ClH/c1-3-10(2)17-7-4-8-19-14(18)12-6-5-11(16)9-13(12)15;/h5-6,9-10,17H,3-4,7-8,16H2,1-2H3;1H. The Morgan fingerprint density at radius 3 is 2.80 bits per heavy atom. The minimum atomic E-state index is -0.409. The molecule has 0 bridgehead atoms. The van der Waals surface area contributed by atoms with Crippen molar-refractivity contribution in [3.63, 3.8) is 0 Å². The van der Waals surface area contributed by atoms with E-state index in [-0.39, 0.29) is 12.4 Å². The fourth-order valence-electron chi connectivity index (χ4n) is 1.50. The van der Waals surface area contributed by atoms with Crippen LogP contribution in [0.2, 0.25) is 5.02 Å². The maximum Gasteiger partial charge on any atom is 0.339 e. The van der Waals surface area contributed by atoms with Gasteiger partial charge < -0.3 is 15.8 Å². The summed E-state index contributed by atoms with van der Waals surface area (Å²) in [5.74, 6) is -0.409. The Morgan fingerprint density at radius 1 is 1.50 bits per heavy atom. The van der Waals surface area contributed by atoms with Gasteiger partial charge in [-0.25, -0.2) is 4.79 Å². The summed E-state index contributed by atoms with van der Waals surface area (Å²) < 4.78 is 5.16. The van der Waals surface area contributed by atoms with Crippen LogP contribution in [0.5, 0.6) is 0 Å². The van der Waals surface area contributed by atoms with Gasteiger partial charge in [0.15, 0.2) is 0 Å². The molecule has 1 aromatic carbocycles. The smallest absolute Gasteiger partial charge is 0.339 e. The number of nitrogen functional groups attached to an aromatic ring is 1. The predicted octanol–water partition coefficient (Wildman–Crippen LogP) is 3.28. The van der Waals surface area contributed by atoms with Gasteiger partial charge in [0.25, 0.3) is 0 Å². The number of nitrogens with one attached hydrogen (secondary N) is 1. The van der Waals surface area contributed by atoms with E-state index in [0.29, 0.717) is 28.9 Å². The van der Waals surface area contributed by atoms with Crippen LogP contribution in [-0.4, -0.2) is 25.2 Å². The van der Waals surface area contributed by atoms with E-state index in [0.717, 1.165) is 19.4 Å². The third-order valence-corrected chi connectivity index (χ3v) is 3.19. The van der Waals surface area contributed by atoms with Crippen molar-refractivity contribution in [3.8, 4) is 0 Å². The average molecular weight is 321 g/mol. The fourth-order valence-corrected chi connectivity index (χ4v) is 1.77. The molecule has 0 amide bonds. The number of anilines is 1. The van der Waals surface area contributed by atoms with Gasteiger partial charge in [0.1, 0.15) is 0 Å². The number of nitrogens with two attached hydrogens (primary N) is 1. The van der Waals surface area contributed by atoms with Crippen molar-refractivity contribution in [1.82, 2.24) is 5.32 Å². The number of halogens is 2. The summed E-state index contributed by atoms with van der Waals surface area (Å²) in [7, 11) is 0. The molecule has 0 aliphatic carbocycles. The van der Waals surface area contributed by atoms with Crippen molar-refractivity contribution in [2.24, 2.45) is 0 Å². The van der Waals surface area contributed by atoms with Crippen molar-refractivity contribution in [1.29, 1.82) is 0 Å². The lowest BCUT2D eigenvalue weighted by Gasteiger charge is -2.11. The summed E-state index contributed by atoms with van der Waals surface area (Å²) >= 11 is 5.93. The lowest BCUT2D eigenvalue weighted by Crippen LogP contribution is -2.27. The minimum Gasteiger partial charge on any atom is -0.462 e. The van der Waals surface area contributed by atoms with Crippen molar-refractivity contribution >= 4 is 35.7 Å². The van der Waals surface area contributed by atoms with Crippen LogP contribution in [0.25, 0.3) is 0 Å². The predicted molar refractivity (Wildman–Crippen MR) is 85.8 cm³/mol. The zero-order chi connectivity index (χ0) is 14.3. The lowest BCUT2D eigenvalue weighted by molar-refractivity contribution is 0.0500. The van der Waals surface area contributed by atoms with E-state index in [2.05, 4.69) is 19.2 Å². The van der Waals surface area contributed by atoms with Crippen LogP contribution in [-0.2, 0) is 4.74 Å². The van der Waals surface area contributed by atoms with Gasteiger partial charge in [0, 0.05) is 11.7 Å². The largest absolute Gasteiger partial charge is 0.462 e. The molecule has 1 aromatic rings. The Bertz CT molecular complexity index is 428. The first kappa shape index (κ1) is 19.0. The molecule has 20 heavy (non-hydrogen) atoms. The van der Waals surface area contributed by atoms with Crippen LogP contribution in [0.3, 0.4) is 0 Å². The monoisotopic (exact) mass is 320 g/mol. The molecule has 1 rings (SSSR count). The van der Waals surface area contributed by atoms with Crippen LogP contribution >= 0.6 is 24.0 Å². The molecule has 0 heterocycles. The number of carbonyl (C=O) groups is 1. The average Bonchev–Trinajstić information content (AvgIpc) is 2.37. The van der Waals surface area contributed by atoms with E-state index >= 15 is 0 Å². The van der Waals surface area contributed by atoms with Gasteiger partial charge in [0.05, 0.1) is 17.2 Å². The second-order valence-corrected chi connectivity index (χ2v) is 4.90. The number of rotatable bonds is 7. The second-order valence-electron chi connectivity index (χ2n) is 4.49. The van der Waals surface area contributed by atoms with E-state index in [9.17, 15) is 4.79 Å². The molecule has 0 saturated carbocycles. The third-order valence-electron chi connectivity index (χ3n) is 2.87. The number of hydrogen-bond donors (Lipinski definition) is 2. The van der Waals surface area contributed by atoms with Crippen molar-refractivity contribution in [3.05, 3.63) is 28.8 Å². The Labute approximate surface area is 131 Å². The molecule has 0 saturated heterocycles. The minimum absolute atomic E-state index is 0. The van der Waals surface area contributed by atoms with E-state index < -0.39 is 5.97 Å². The molecule has 114 valence electrons. The van der Waals surface area contributed by atoms with E-state index in [1.165, 1.54) is 0 Å². The number of benzene rings is 1. The molecule has 4 nitrogen and oxygen atoms in total. The van der Waals surface area contributed by atoms with E-state index in [1.54, 1.807) is 18.2 Å². The third kappa shape index (κ3) is 6.46. The van der Waals surface area contributed by atoms with Gasteiger partial charge in [-0.2, -0.15) is 0 Å². The van der Waals surface area contributed by atoms with E-state index in [1.807, 2.05) is 0 Å². The van der Waals surface area contributed by atoms with Gasteiger partial charge in [-0.3, -0.25) is 0 Å². The van der Waals surface area contributed by atoms with Gasteiger partial charge in [-0.05, 0) is 44.5 Å². The Morgan fingerprint density at radius 2 is 2.20 bits per heavy atom. The second kappa shape index (κ2) is 9.86. The van der Waals surface area contributed by atoms with Crippen LogP contribution in [0, 0.1) is 0 Å². The molecule has 3 N–H and O–H groups in total. The Balaban J connectivity index is 0.00000361. The van der Waals surface area contributed by atoms with Crippen LogP contribution in [0.1, 0.15) is 37.0 Å². The number of ether oxygens (including phenoxy) is 1. The number of carbonyl (C=O) groups excluding carboxylic acids is 1. The topological polar surface area (TPSA) is 64.3 Å². The molecule has 1 unspecified atom stereocenters. The first-order valence-electron chi connectivity index (χ1n) is 6.50. The molecule has 0 radical (unpaired) electrons. The molecule has 0 aliphatic rings. The van der Waals surface area contributed by atoms with Crippen molar-refractivity contribution < 1.29 is 9.53 Å². The fraction of sp³-hybridized carbons (Fsp3) is 0.500. The first-order valence-corrected chi connectivity index (χ1v) is 6.88. The normalized spacial score (nSPS) is 11.6. The van der Waals surface area contributed by atoms with Crippen LogP contribution in [0.4, 0.5) is 5.69 Å². The molecular weight excluding hydrogens is 299 g/mol. The summed E-state index contributed by atoms with van der Waals surface area (Å²) in [6, 6.07) is 5.25. The van der Waals surface area contributed by atoms with Crippen LogP contribution in [0.15, 0.2) is 18.2 Å². The van der Waals surface area contributed by atoms with Gasteiger partial charge in [-0.15, -0.1) is 12.4 Å². The quantitative estimate of drug-likeness (QED) is 0.459. The summed E-state index contributed by atoms with van der Waals surface area (Å²) in [6.45, 7) is 5.46. The Hall–Kier alpha value is -0.970. The highest BCUT2D eigenvalue weighted by Crippen LogP contribution is 2.19. The van der Waals surface area contributed by atoms with Gasteiger partial charge >= 0.3 is 5.97 Å². The number of esters is 1. The molecule has 0 spiro atoms. The highest BCUT2D eigenvalue weighted by atomic mass is 35.5. The maximum absolute atomic E-state index is 11.8. The number of hydrogen-bond acceptors (Lipinski definition) is 4. The highest BCUT2D eigenvalue weighted by Gasteiger charge is 2.11. The van der Waals surface area contributed by atoms with Crippen LogP contribution < -0.4 is 11.1 Å². The van der Waals surface area contributed by atoms with E-state index in [4.69, 9.17) is 22.1 Å². The SMILES string of the molecule is CCC(C)NCCCOC(=O)c1ccc(N)cc1Cl.Cl. The summed E-state index contributed by atoms with van der Waals surface area (Å²) in [5, 5.41) is 3.65.